The van der Waals surface area contributed by atoms with E-state index in [0.717, 1.165) is 28.7 Å². The van der Waals surface area contributed by atoms with Crippen molar-refractivity contribution in [2.24, 2.45) is 5.10 Å². The van der Waals surface area contributed by atoms with Gasteiger partial charge in [0.15, 0.2) is 17.3 Å². The quantitative estimate of drug-likeness (QED) is 0.190. The van der Waals surface area contributed by atoms with Gasteiger partial charge in [-0.3, -0.25) is 9.80 Å². The zero-order valence-corrected chi connectivity index (χ0v) is 24.8. The topological polar surface area (TPSA) is 73.2 Å². The number of aromatic nitrogens is 1. The summed E-state index contributed by atoms with van der Waals surface area (Å²) < 4.78 is 32.3. The van der Waals surface area contributed by atoms with Crippen LogP contribution in [-0.2, 0) is 16.0 Å². The van der Waals surface area contributed by atoms with Crippen molar-refractivity contribution in [2.45, 2.75) is 66.1 Å². The molecule has 0 saturated heterocycles. The summed E-state index contributed by atoms with van der Waals surface area (Å²) in [6.45, 7) is 15.6. The van der Waals surface area contributed by atoms with Gasteiger partial charge in [-0.1, -0.05) is 12.7 Å². The first-order valence-corrected chi connectivity index (χ1v) is 13.3. The molecule has 0 fully saturated rings. The van der Waals surface area contributed by atoms with Crippen LogP contribution >= 0.6 is 0 Å². The van der Waals surface area contributed by atoms with Gasteiger partial charge in [0, 0.05) is 36.7 Å². The summed E-state index contributed by atoms with van der Waals surface area (Å²) in [6, 6.07) is 5.11. The Morgan fingerprint density at radius 3 is 2.67 bits per heavy atom. The molecule has 0 N–H and O–H groups in total. The first-order chi connectivity index (χ1) is 18.8. The molecular weight excluding hydrogens is 509 g/mol. The van der Waals surface area contributed by atoms with Crippen LogP contribution in [0.1, 0.15) is 63.3 Å². The Bertz CT molecular complexity index is 1350. The zero-order chi connectivity index (χ0) is 29.6. The number of benzene rings is 1. The molecule has 0 bridgehead atoms. The van der Waals surface area contributed by atoms with E-state index in [4.69, 9.17) is 14.2 Å². The highest BCUT2D eigenvalue weighted by Crippen LogP contribution is 2.38. The maximum absolute atomic E-state index is 15.3. The van der Waals surface area contributed by atoms with Gasteiger partial charge in [0.05, 0.1) is 25.0 Å². The number of halogens is 1. The Hall–Kier alpha value is -3.78. The third-order valence-electron chi connectivity index (χ3n) is 6.56. The zero-order valence-electron chi connectivity index (χ0n) is 24.8. The number of hydrazone groups is 1. The predicted octanol–water partition coefficient (Wildman–Crippen LogP) is 6.55. The van der Waals surface area contributed by atoms with Crippen molar-refractivity contribution >= 4 is 23.3 Å². The Labute approximate surface area is 237 Å². The number of carbonyl (C=O) groups is 1. The number of fused-ring (bicyclic) bond motifs is 1. The minimum Gasteiger partial charge on any atom is -0.490 e. The van der Waals surface area contributed by atoms with Crippen LogP contribution in [0.25, 0.3) is 11.3 Å². The van der Waals surface area contributed by atoms with E-state index in [2.05, 4.69) is 16.7 Å². The van der Waals surface area contributed by atoms with Gasteiger partial charge in [0.1, 0.15) is 6.10 Å². The van der Waals surface area contributed by atoms with Gasteiger partial charge in [-0.05, 0) is 94.9 Å². The lowest BCUT2D eigenvalue weighted by Crippen LogP contribution is -2.34. The van der Waals surface area contributed by atoms with Crippen molar-refractivity contribution < 1.29 is 23.4 Å². The number of hydrogen-bond acceptors (Lipinski definition) is 7. The van der Waals surface area contributed by atoms with Crippen LogP contribution in [0.3, 0.4) is 0 Å². The van der Waals surface area contributed by atoms with E-state index in [9.17, 15) is 4.79 Å². The van der Waals surface area contributed by atoms with Crippen molar-refractivity contribution in [2.75, 3.05) is 20.8 Å². The number of ether oxygens (including phenoxy) is 3. The second kappa shape index (κ2) is 13.0. The van der Waals surface area contributed by atoms with Gasteiger partial charge < -0.3 is 14.2 Å². The maximum Gasteiger partial charge on any atom is 0.213 e. The number of allylic oxidation sites excluding steroid dienone is 3. The average Bonchev–Trinajstić information content (AvgIpc) is 2.91. The summed E-state index contributed by atoms with van der Waals surface area (Å²) in [5.41, 5.74) is 4.64. The number of pyridine rings is 1. The van der Waals surface area contributed by atoms with E-state index < -0.39 is 17.5 Å². The summed E-state index contributed by atoms with van der Waals surface area (Å²) in [5, 5.41) is 6.26. The Morgan fingerprint density at radius 1 is 1.30 bits per heavy atom. The molecule has 0 spiro atoms. The highest BCUT2D eigenvalue weighted by atomic mass is 19.1. The normalized spacial score (nSPS) is 14.9. The molecule has 1 unspecified atom stereocenters. The third-order valence-corrected chi connectivity index (χ3v) is 6.56. The fraction of sp³-hybridized carbons (Fsp3) is 0.406. The molecule has 1 aliphatic heterocycles. The minimum atomic E-state index is -0.834. The smallest absolute Gasteiger partial charge is 0.213 e. The lowest BCUT2D eigenvalue weighted by molar-refractivity contribution is -0.134. The Balaban J connectivity index is 2.04. The van der Waals surface area contributed by atoms with Crippen LogP contribution in [0.4, 0.5) is 4.39 Å². The molecule has 40 heavy (non-hydrogen) atoms. The number of nitrogens with zero attached hydrogens (tertiary/aromatic N) is 3. The standard InChI is InChI=1S/C32H40FN3O4/c1-20(24-14-16-34-28(18-24)38-9)12-10-15-35-36(8)29(22(3)30(23(4)37)40-32(5,6)7)26-19-27(33)31-25(21(26)2)13-11-17-39-31/h10,12,14-16,18-19,30H,1,11,13,17H2,2-9H3/b12-10?,29-22+,35-15?. The summed E-state index contributed by atoms with van der Waals surface area (Å²) in [5.74, 6) is 0.226. The molecule has 1 aromatic heterocycles. The highest BCUT2D eigenvalue weighted by Gasteiger charge is 2.30. The monoisotopic (exact) mass is 549 g/mol. The molecule has 8 heteroatoms. The second-order valence-electron chi connectivity index (χ2n) is 10.8. The summed E-state index contributed by atoms with van der Waals surface area (Å²) in [6.07, 6.45) is 7.56. The molecule has 7 nitrogen and oxygen atoms in total. The lowest BCUT2D eigenvalue weighted by atomic mass is 9.91. The molecule has 0 aliphatic carbocycles. The Kier molecular flexibility index (Phi) is 10.0. The molecule has 2 heterocycles. The molecular formula is C32H40FN3O4. The lowest BCUT2D eigenvalue weighted by Gasteiger charge is -2.31. The minimum absolute atomic E-state index is 0.148. The molecule has 2 aromatic rings. The number of methoxy groups -OCH3 is 1. The molecule has 1 aliphatic rings. The van der Waals surface area contributed by atoms with Crippen LogP contribution in [0, 0.1) is 12.7 Å². The first kappa shape index (κ1) is 30.8. The van der Waals surface area contributed by atoms with Gasteiger partial charge in [-0.25, -0.2) is 9.37 Å². The number of hydrogen-bond donors (Lipinski definition) is 0. The van der Waals surface area contributed by atoms with Crippen molar-refractivity contribution in [1.29, 1.82) is 0 Å². The van der Waals surface area contributed by atoms with Gasteiger partial charge >= 0.3 is 0 Å². The average molecular weight is 550 g/mol. The van der Waals surface area contributed by atoms with Crippen LogP contribution in [0.5, 0.6) is 11.6 Å². The van der Waals surface area contributed by atoms with E-state index in [1.807, 2.05) is 46.8 Å². The number of ketones is 1. The number of Topliss-reactive ketones (excluding diaryl/α,β-unsaturated/α-hetero) is 1. The summed E-state index contributed by atoms with van der Waals surface area (Å²) in [7, 11) is 3.33. The van der Waals surface area contributed by atoms with E-state index in [-0.39, 0.29) is 5.78 Å². The van der Waals surface area contributed by atoms with Crippen molar-refractivity contribution in [3.8, 4) is 11.6 Å². The SMILES string of the molecule is C=C(C=CC=NN(C)/C(=C(\C)C(OC(C)(C)C)C(C)=O)c1cc(F)c2c(c1C)CCCO2)c1ccnc(OC)c1. The largest absolute Gasteiger partial charge is 0.490 e. The van der Waals surface area contributed by atoms with Gasteiger partial charge in [-0.2, -0.15) is 5.10 Å². The fourth-order valence-electron chi connectivity index (χ4n) is 4.67. The first-order valence-electron chi connectivity index (χ1n) is 13.3. The van der Waals surface area contributed by atoms with Crippen LogP contribution < -0.4 is 9.47 Å². The number of rotatable bonds is 10. The van der Waals surface area contributed by atoms with Crippen LogP contribution in [0.2, 0.25) is 0 Å². The third kappa shape index (κ3) is 7.45. The molecule has 3 rings (SSSR count). The summed E-state index contributed by atoms with van der Waals surface area (Å²) in [4.78, 5) is 16.9. The predicted molar refractivity (Wildman–Crippen MR) is 158 cm³/mol. The molecule has 0 saturated carbocycles. The Morgan fingerprint density at radius 2 is 2.02 bits per heavy atom. The van der Waals surface area contributed by atoms with Crippen LogP contribution in [0.15, 0.2) is 53.8 Å². The maximum atomic E-state index is 15.3. The van der Waals surface area contributed by atoms with E-state index in [1.165, 1.54) is 13.0 Å². The van der Waals surface area contributed by atoms with Crippen molar-refractivity contribution in [1.82, 2.24) is 9.99 Å². The van der Waals surface area contributed by atoms with E-state index in [1.54, 1.807) is 43.7 Å². The summed E-state index contributed by atoms with van der Waals surface area (Å²) >= 11 is 0. The molecule has 0 amide bonds. The second-order valence-corrected chi connectivity index (χ2v) is 10.8. The van der Waals surface area contributed by atoms with Crippen molar-refractivity contribution in [3.63, 3.8) is 0 Å². The molecule has 1 atom stereocenters. The highest BCUT2D eigenvalue weighted by molar-refractivity contribution is 5.87. The van der Waals surface area contributed by atoms with Gasteiger partial charge in [0.25, 0.3) is 0 Å². The van der Waals surface area contributed by atoms with Gasteiger partial charge in [0.2, 0.25) is 5.88 Å². The van der Waals surface area contributed by atoms with E-state index >= 15 is 4.39 Å². The fourth-order valence-corrected chi connectivity index (χ4v) is 4.67. The molecule has 1 aromatic carbocycles. The molecule has 214 valence electrons. The number of carbonyl (C=O) groups excluding carboxylic acids is 1. The van der Waals surface area contributed by atoms with Crippen LogP contribution in [-0.4, -0.2) is 54.5 Å². The van der Waals surface area contributed by atoms with Crippen molar-refractivity contribution in [3.05, 3.63) is 76.8 Å². The molecule has 0 radical (unpaired) electrons. The van der Waals surface area contributed by atoms with E-state index in [0.29, 0.717) is 41.5 Å². The van der Waals surface area contributed by atoms with Gasteiger partial charge in [-0.15, -0.1) is 0 Å².